The summed E-state index contributed by atoms with van der Waals surface area (Å²) in [5.41, 5.74) is 0.541. The lowest BCUT2D eigenvalue weighted by Crippen LogP contribution is -1.89. The predicted molar refractivity (Wildman–Crippen MR) is 42.7 cm³/mol. The summed E-state index contributed by atoms with van der Waals surface area (Å²) in [6.07, 6.45) is 0. The Morgan fingerprint density at radius 3 is 2.50 bits per heavy atom. The third-order valence-corrected chi connectivity index (χ3v) is 1.29. The molecule has 0 bridgehead atoms. The lowest BCUT2D eigenvalue weighted by molar-refractivity contribution is -0.122. The molecule has 0 fully saturated rings. The van der Waals surface area contributed by atoms with E-state index >= 15 is 0 Å². The Morgan fingerprint density at radius 2 is 2.00 bits per heavy atom. The van der Waals surface area contributed by atoms with Crippen LogP contribution in [0.2, 0.25) is 0 Å². The van der Waals surface area contributed by atoms with Crippen molar-refractivity contribution >= 4 is 18.2 Å². The molecule has 3 nitrogen and oxygen atoms in total. The van der Waals surface area contributed by atoms with Gasteiger partial charge in [-0.15, -0.1) is 0 Å². The minimum absolute atomic E-state index is 0.0920. The van der Waals surface area contributed by atoms with Crippen LogP contribution in [0, 0.1) is 0 Å². The van der Waals surface area contributed by atoms with Crippen molar-refractivity contribution in [3.63, 3.8) is 0 Å². The Kier molecular flexibility index (Phi) is 2.82. The van der Waals surface area contributed by atoms with Crippen LogP contribution >= 0.6 is 0 Å². The van der Waals surface area contributed by atoms with Crippen LogP contribution in [0.15, 0.2) is 30.3 Å². The molecule has 3 heteroatoms. The van der Waals surface area contributed by atoms with Gasteiger partial charge in [-0.1, -0.05) is 30.3 Å². The maximum absolute atomic E-state index is 10.2. The fraction of sp³-hybridized carbons (Fsp3) is 0. The van der Waals surface area contributed by atoms with Crippen molar-refractivity contribution in [3.05, 3.63) is 35.9 Å². The fourth-order valence-corrected chi connectivity index (χ4v) is 0.789. The second kappa shape index (κ2) is 4.11. The highest BCUT2D eigenvalue weighted by Gasteiger charge is 2.00. The number of ether oxygens (including phenoxy) is 1. The number of hydrogen-bond acceptors (Lipinski definition) is 3. The van der Waals surface area contributed by atoms with Crippen molar-refractivity contribution in [2.75, 3.05) is 0 Å². The van der Waals surface area contributed by atoms with Crippen molar-refractivity contribution in [2.24, 2.45) is 0 Å². The molecule has 0 radical (unpaired) electrons. The van der Waals surface area contributed by atoms with Crippen molar-refractivity contribution in [2.45, 2.75) is 0 Å². The quantitative estimate of drug-likeness (QED) is 0.380. The first-order valence-corrected chi connectivity index (χ1v) is 3.29. The molecule has 0 N–H and O–H groups in total. The van der Waals surface area contributed by atoms with E-state index in [0.29, 0.717) is 5.56 Å². The van der Waals surface area contributed by atoms with Gasteiger partial charge < -0.3 is 4.74 Å². The second-order valence-electron chi connectivity index (χ2n) is 2.01. The highest BCUT2D eigenvalue weighted by Crippen LogP contribution is 2.10. The molecule has 1 aromatic rings. The van der Waals surface area contributed by atoms with E-state index in [1.165, 1.54) is 5.94 Å². The maximum Gasteiger partial charge on any atom is 0.299 e. The van der Waals surface area contributed by atoms with Gasteiger partial charge >= 0.3 is 0 Å². The molecule has 0 aliphatic heterocycles. The molecule has 0 aliphatic carbocycles. The minimum atomic E-state index is -0.0920. The molecule has 0 amide bonds. The van der Waals surface area contributed by atoms with Crippen LogP contribution < -0.4 is 0 Å². The molecule has 0 aliphatic rings. The summed E-state index contributed by atoms with van der Waals surface area (Å²) in [4.78, 5) is 20.2. The molecule has 0 unspecified atom stereocenters. The summed E-state index contributed by atoms with van der Waals surface area (Å²) in [6, 6.07) is 8.59. The summed E-state index contributed by atoms with van der Waals surface area (Å²) in [5, 5.41) is 0. The Balaban J connectivity index is 2.96. The normalized spacial score (nSPS) is 8.33. The number of hydrogen-bond donors (Lipinski definition) is 0. The van der Waals surface area contributed by atoms with Gasteiger partial charge in [0, 0.05) is 5.56 Å². The lowest BCUT2D eigenvalue weighted by Gasteiger charge is -1.97. The second-order valence-corrected chi connectivity index (χ2v) is 2.01. The van der Waals surface area contributed by atoms with E-state index in [-0.39, 0.29) is 12.2 Å². The van der Waals surface area contributed by atoms with Crippen molar-refractivity contribution in [3.8, 4) is 0 Å². The summed E-state index contributed by atoms with van der Waals surface area (Å²) in [6.45, 7) is 0.202. The van der Waals surface area contributed by atoms with Crippen LogP contribution in [-0.4, -0.2) is 12.4 Å². The van der Waals surface area contributed by atoms with E-state index in [2.05, 4.69) is 4.74 Å². The lowest BCUT2D eigenvalue weighted by atomic mass is 10.2. The SMILES string of the molecule is O=COC(=[14C]=O)c1ccccc1. The molecule has 0 spiro atoms. The number of carbonyl (C=O) groups excluding carboxylic acids is 2. The third-order valence-electron chi connectivity index (χ3n) is 1.29. The molecule has 0 atom stereocenters. The molecule has 60 valence electrons. The molecule has 1 rings (SSSR count). The van der Waals surface area contributed by atoms with E-state index in [0.717, 1.165) is 0 Å². The number of benzene rings is 1. The molecule has 1 aromatic carbocycles. The van der Waals surface area contributed by atoms with Crippen molar-refractivity contribution in [1.29, 1.82) is 0 Å². The molecule has 0 saturated heterocycles. The Morgan fingerprint density at radius 1 is 1.33 bits per heavy atom. The van der Waals surface area contributed by atoms with Gasteiger partial charge in [-0.3, -0.25) is 4.79 Å². The average molecular weight is 164 g/mol. The Hall–Kier alpha value is -1.86. The van der Waals surface area contributed by atoms with Crippen LogP contribution in [0.5, 0.6) is 0 Å². The first-order chi connectivity index (χ1) is 5.88. The van der Waals surface area contributed by atoms with E-state index in [9.17, 15) is 9.59 Å². The number of carbonyl (C=O) groups is 1. The first kappa shape index (κ1) is 8.24. The van der Waals surface area contributed by atoms with Crippen LogP contribution in [0.3, 0.4) is 0 Å². The van der Waals surface area contributed by atoms with Gasteiger partial charge in [-0.25, -0.2) is 4.79 Å². The zero-order chi connectivity index (χ0) is 8.81. The Bertz CT molecular complexity index is 310. The van der Waals surface area contributed by atoms with Crippen LogP contribution in [0.25, 0.3) is 5.76 Å². The average Bonchev–Trinajstić information content (AvgIpc) is 2.15. The van der Waals surface area contributed by atoms with E-state index < -0.39 is 0 Å². The third kappa shape index (κ3) is 1.81. The molecular formula is C9H6O3. The van der Waals surface area contributed by atoms with E-state index in [1.807, 2.05) is 0 Å². The van der Waals surface area contributed by atoms with Gasteiger partial charge in [0.2, 0.25) is 5.76 Å². The zero-order valence-corrected chi connectivity index (χ0v) is 6.19. The van der Waals surface area contributed by atoms with Crippen LogP contribution in [-0.2, 0) is 14.3 Å². The maximum atomic E-state index is 10.2. The van der Waals surface area contributed by atoms with E-state index in [1.54, 1.807) is 30.3 Å². The molecular weight excluding hydrogens is 158 g/mol. The van der Waals surface area contributed by atoms with Crippen LogP contribution in [0.1, 0.15) is 5.56 Å². The van der Waals surface area contributed by atoms with Gasteiger partial charge in [0.15, 0.2) is 5.94 Å². The van der Waals surface area contributed by atoms with Gasteiger partial charge in [0.1, 0.15) is 0 Å². The standard InChI is InChI=1S/C9H6O3/c10-6-9(12-7-11)8-4-2-1-3-5-8/h1-5,7H/i6+2. The Labute approximate surface area is 69.3 Å². The van der Waals surface area contributed by atoms with Crippen LogP contribution in [0.4, 0.5) is 0 Å². The highest BCUT2D eigenvalue weighted by atomic mass is 16.5. The molecule has 12 heavy (non-hydrogen) atoms. The smallest absolute Gasteiger partial charge is 0.299 e. The molecule has 0 aromatic heterocycles. The van der Waals surface area contributed by atoms with Gasteiger partial charge in [-0.2, -0.15) is 0 Å². The highest BCUT2D eigenvalue weighted by molar-refractivity contribution is 5.85. The minimum Gasteiger partial charge on any atom is -0.416 e. The van der Waals surface area contributed by atoms with Gasteiger partial charge in [0.05, 0.1) is 0 Å². The number of rotatable bonds is 3. The van der Waals surface area contributed by atoms with Gasteiger partial charge in [0.25, 0.3) is 6.47 Å². The topological polar surface area (TPSA) is 43.4 Å². The van der Waals surface area contributed by atoms with E-state index in [4.69, 9.17) is 0 Å². The first-order valence-electron chi connectivity index (χ1n) is 3.29. The fourth-order valence-electron chi connectivity index (χ4n) is 0.789. The predicted octanol–water partition coefficient (Wildman–Crippen LogP) is 1.03. The monoisotopic (exact) mass is 164 g/mol. The molecule has 0 heterocycles. The largest absolute Gasteiger partial charge is 0.416 e. The summed E-state index contributed by atoms with van der Waals surface area (Å²) < 4.78 is 4.39. The zero-order valence-electron chi connectivity index (χ0n) is 6.19. The summed E-state index contributed by atoms with van der Waals surface area (Å²) in [5.74, 6) is 1.44. The van der Waals surface area contributed by atoms with Crippen molar-refractivity contribution in [1.82, 2.24) is 0 Å². The van der Waals surface area contributed by atoms with Gasteiger partial charge in [-0.05, 0) is 0 Å². The molecule has 0 saturated carbocycles. The van der Waals surface area contributed by atoms with Crippen molar-refractivity contribution < 1.29 is 14.3 Å². The summed E-state index contributed by atoms with van der Waals surface area (Å²) in [7, 11) is 0. The summed E-state index contributed by atoms with van der Waals surface area (Å²) >= 11 is 0.